The number of nitrogens with zero attached hydrogens (tertiary/aromatic N) is 3. The van der Waals surface area contributed by atoms with Crippen LogP contribution in [0.2, 0.25) is 0 Å². The minimum atomic E-state index is 0.152. The van der Waals surface area contributed by atoms with Crippen LogP contribution < -0.4 is 4.90 Å². The van der Waals surface area contributed by atoms with Gasteiger partial charge in [0.25, 0.3) is 0 Å². The van der Waals surface area contributed by atoms with Gasteiger partial charge in [-0.05, 0) is 26.3 Å². The predicted octanol–water partition coefficient (Wildman–Crippen LogP) is 4.02. The smallest absolute Gasteiger partial charge is 0.233 e. The number of hydrogen-bond donors (Lipinski definition) is 0. The third kappa shape index (κ3) is 4.38. The van der Waals surface area contributed by atoms with Gasteiger partial charge in [0, 0.05) is 31.1 Å². The minimum Gasteiger partial charge on any atom is -0.378 e. The Hall–Kier alpha value is -2.34. The third-order valence-electron chi connectivity index (χ3n) is 5.43. The van der Waals surface area contributed by atoms with Gasteiger partial charge in [0.1, 0.15) is 5.69 Å². The van der Waals surface area contributed by atoms with Crippen molar-refractivity contribution in [3.05, 3.63) is 35.4 Å². The van der Waals surface area contributed by atoms with Crippen molar-refractivity contribution >= 4 is 11.8 Å². The summed E-state index contributed by atoms with van der Waals surface area (Å²) in [5, 5.41) is 4.43. The van der Waals surface area contributed by atoms with Crippen molar-refractivity contribution in [2.45, 2.75) is 53.1 Å². The summed E-state index contributed by atoms with van der Waals surface area (Å²) in [6.45, 7) is 11.6. The largest absolute Gasteiger partial charge is 0.378 e. The van der Waals surface area contributed by atoms with Crippen LogP contribution in [0.3, 0.4) is 0 Å². The van der Waals surface area contributed by atoms with E-state index in [1.807, 2.05) is 24.0 Å². The molecule has 28 heavy (non-hydrogen) atoms. The molecular weight excluding hydrogens is 354 g/mol. The van der Waals surface area contributed by atoms with Gasteiger partial charge in [-0.25, -0.2) is 0 Å². The predicted molar refractivity (Wildman–Crippen MR) is 110 cm³/mol. The van der Waals surface area contributed by atoms with Crippen LogP contribution in [-0.2, 0) is 16.1 Å². The highest BCUT2D eigenvalue weighted by atomic mass is 16.5. The van der Waals surface area contributed by atoms with Crippen LogP contribution in [0.4, 0.5) is 5.88 Å². The fourth-order valence-electron chi connectivity index (χ4n) is 3.56. The number of morpholine rings is 1. The highest BCUT2D eigenvalue weighted by Crippen LogP contribution is 2.34. The van der Waals surface area contributed by atoms with E-state index in [2.05, 4.69) is 43.0 Å². The molecule has 1 atom stereocenters. The monoisotopic (exact) mass is 385 g/mol. The summed E-state index contributed by atoms with van der Waals surface area (Å²) in [5.41, 5.74) is 3.99. The molecule has 1 aliphatic rings. The number of anilines is 1. The molecule has 2 aromatic rings. The lowest BCUT2D eigenvalue weighted by Crippen LogP contribution is -2.39. The Kier molecular flexibility index (Phi) is 6.73. The molecule has 0 spiro atoms. The van der Waals surface area contributed by atoms with E-state index in [1.165, 1.54) is 5.56 Å². The molecule has 1 aromatic heterocycles. The first-order valence-corrected chi connectivity index (χ1v) is 10.2. The molecule has 0 aliphatic carbocycles. The van der Waals surface area contributed by atoms with Gasteiger partial charge < -0.3 is 19.1 Å². The van der Waals surface area contributed by atoms with E-state index in [-0.39, 0.29) is 11.9 Å². The van der Waals surface area contributed by atoms with Gasteiger partial charge in [0.2, 0.25) is 11.8 Å². The molecule has 0 radical (unpaired) electrons. The van der Waals surface area contributed by atoms with Crippen LogP contribution in [-0.4, -0.2) is 48.3 Å². The molecule has 1 saturated heterocycles. The van der Waals surface area contributed by atoms with E-state index >= 15 is 0 Å². The van der Waals surface area contributed by atoms with Gasteiger partial charge in [-0.3, -0.25) is 4.79 Å². The third-order valence-corrected chi connectivity index (χ3v) is 5.43. The van der Waals surface area contributed by atoms with Crippen LogP contribution in [0.15, 0.2) is 28.8 Å². The average Bonchev–Trinajstić information content (AvgIpc) is 3.15. The van der Waals surface area contributed by atoms with Gasteiger partial charge in [0.05, 0.1) is 25.3 Å². The zero-order valence-electron chi connectivity index (χ0n) is 17.4. The standard InChI is InChI=1S/C22H31N3O3/c1-5-17(4)25(20(26)6-2)15-19-21(18-9-7-8-16(3)14-18)23-28-22(19)24-10-12-27-13-11-24/h7-9,14,17H,5-6,10-13,15H2,1-4H3/t17-/m0/s1. The van der Waals surface area contributed by atoms with Crippen molar-refractivity contribution in [3.8, 4) is 11.3 Å². The van der Waals surface area contributed by atoms with E-state index in [1.54, 1.807) is 0 Å². The Balaban J connectivity index is 2.04. The van der Waals surface area contributed by atoms with E-state index in [9.17, 15) is 4.79 Å². The maximum Gasteiger partial charge on any atom is 0.233 e. The maximum absolute atomic E-state index is 12.7. The number of carbonyl (C=O) groups excluding carboxylic acids is 1. The van der Waals surface area contributed by atoms with Crippen LogP contribution in [0, 0.1) is 6.92 Å². The number of benzene rings is 1. The Morgan fingerprint density at radius 3 is 2.68 bits per heavy atom. The lowest BCUT2D eigenvalue weighted by atomic mass is 10.0. The SMILES string of the molecule is CCC(=O)N(Cc1c(-c2cccc(C)c2)noc1N1CCOCC1)[C@@H](C)CC. The molecule has 0 bridgehead atoms. The van der Waals surface area contributed by atoms with Crippen molar-refractivity contribution in [3.63, 3.8) is 0 Å². The van der Waals surface area contributed by atoms with Gasteiger partial charge >= 0.3 is 0 Å². The summed E-state index contributed by atoms with van der Waals surface area (Å²) in [5.74, 6) is 0.913. The van der Waals surface area contributed by atoms with Crippen molar-refractivity contribution in [1.82, 2.24) is 10.1 Å². The lowest BCUT2D eigenvalue weighted by Gasteiger charge is -2.31. The number of hydrogen-bond acceptors (Lipinski definition) is 5. The van der Waals surface area contributed by atoms with Crippen LogP contribution in [0.1, 0.15) is 44.7 Å². The van der Waals surface area contributed by atoms with Crippen molar-refractivity contribution in [1.29, 1.82) is 0 Å². The first-order chi connectivity index (χ1) is 13.5. The number of aryl methyl sites for hydroxylation is 1. The van der Waals surface area contributed by atoms with Crippen molar-refractivity contribution in [2.24, 2.45) is 0 Å². The zero-order chi connectivity index (χ0) is 20.1. The summed E-state index contributed by atoms with van der Waals surface area (Å²) < 4.78 is 11.3. The van der Waals surface area contributed by atoms with E-state index in [0.717, 1.165) is 42.2 Å². The molecule has 1 aliphatic heterocycles. The molecule has 152 valence electrons. The second-order valence-corrected chi connectivity index (χ2v) is 7.42. The summed E-state index contributed by atoms with van der Waals surface area (Å²) >= 11 is 0. The van der Waals surface area contributed by atoms with Gasteiger partial charge in [-0.2, -0.15) is 0 Å². The zero-order valence-corrected chi connectivity index (χ0v) is 17.4. The van der Waals surface area contributed by atoms with E-state index in [4.69, 9.17) is 9.26 Å². The quantitative estimate of drug-likeness (QED) is 0.720. The first-order valence-electron chi connectivity index (χ1n) is 10.2. The van der Waals surface area contributed by atoms with E-state index in [0.29, 0.717) is 26.2 Å². The number of carbonyl (C=O) groups is 1. The molecule has 1 amide bonds. The summed E-state index contributed by atoms with van der Waals surface area (Å²) in [6, 6.07) is 8.41. The molecule has 2 heterocycles. The Morgan fingerprint density at radius 1 is 1.29 bits per heavy atom. The molecule has 1 fully saturated rings. The molecule has 1 aromatic carbocycles. The van der Waals surface area contributed by atoms with Crippen LogP contribution >= 0.6 is 0 Å². The fraction of sp³-hybridized carbons (Fsp3) is 0.545. The number of rotatable bonds is 7. The second kappa shape index (κ2) is 9.24. The van der Waals surface area contributed by atoms with Crippen LogP contribution in [0.25, 0.3) is 11.3 Å². The van der Waals surface area contributed by atoms with E-state index < -0.39 is 0 Å². The summed E-state index contributed by atoms with van der Waals surface area (Å²) in [4.78, 5) is 16.8. The van der Waals surface area contributed by atoms with Gasteiger partial charge in [-0.15, -0.1) is 0 Å². The molecule has 0 N–H and O–H groups in total. The van der Waals surface area contributed by atoms with Crippen LogP contribution in [0.5, 0.6) is 0 Å². The Bertz CT molecular complexity index is 796. The summed E-state index contributed by atoms with van der Waals surface area (Å²) in [7, 11) is 0. The molecule has 0 unspecified atom stereocenters. The van der Waals surface area contributed by atoms with Gasteiger partial charge in [-0.1, -0.05) is 42.8 Å². The first kappa shape index (κ1) is 20.4. The fourth-order valence-corrected chi connectivity index (χ4v) is 3.56. The molecule has 6 heteroatoms. The highest BCUT2D eigenvalue weighted by Gasteiger charge is 2.28. The highest BCUT2D eigenvalue weighted by molar-refractivity contribution is 5.77. The number of ether oxygens (including phenoxy) is 1. The molecule has 0 saturated carbocycles. The number of aromatic nitrogens is 1. The minimum absolute atomic E-state index is 0.152. The maximum atomic E-state index is 12.7. The van der Waals surface area contributed by atoms with Crippen molar-refractivity contribution in [2.75, 3.05) is 31.2 Å². The Labute approximate surface area is 167 Å². The van der Waals surface area contributed by atoms with Crippen molar-refractivity contribution < 1.29 is 14.1 Å². The summed E-state index contributed by atoms with van der Waals surface area (Å²) in [6.07, 6.45) is 1.39. The topological polar surface area (TPSA) is 58.8 Å². The molecular formula is C22H31N3O3. The normalized spacial score (nSPS) is 15.5. The second-order valence-electron chi connectivity index (χ2n) is 7.42. The molecule has 3 rings (SSSR count). The molecule has 6 nitrogen and oxygen atoms in total. The lowest BCUT2D eigenvalue weighted by molar-refractivity contribution is -0.133. The van der Waals surface area contributed by atoms with Gasteiger partial charge in [0.15, 0.2) is 0 Å². The Morgan fingerprint density at radius 2 is 2.04 bits per heavy atom. The average molecular weight is 386 g/mol. The number of amides is 1.